The van der Waals surface area contributed by atoms with Crippen molar-refractivity contribution in [3.63, 3.8) is 0 Å². The van der Waals surface area contributed by atoms with E-state index in [0.29, 0.717) is 24.4 Å². The summed E-state index contributed by atoms with van der Waals surface area (Å²) < 4.78 is 38.0. The minimum atomic E-state index is -0.809. The van der Waals surface area contributed by atoms with E-state index in [-0.39, 0.29) is 22.9 Å². The SMILES string of the molecule is C/C=C/C(=O)c1cc(F)c(-c2nc3cc(C)ccn3c2CC2CN(C)CCO2)c(F)c1. The minimum Gasteiger partial charge on any atom is -0.375 e. The Morgan fingerprint density at radius 2 is 2.03 bits per heavy atom. The van der Waals surface area contributed by atoms with Crippen LogP contribution in [0.15, 0.2) is 42.6 Å². The molecule has 1 saturated heterocycles. The number of fused-ring (bicyclic) bond motifs is 1. The molecule has 0 radical (unpaired) electrons. The number of halogens is 2. The number of morpholine rings is 1. The highest BCUT2D eigenvalue weighted by molar-refractivity contribution is 6.04. The van der Waals surface area contributed by atoms with E-state index in [9.17, 15) is 4.79 Å². The molecule has 0 saturated carbocycles. The van der Waals surface area contributed by atoms with Gasteiger partial charge in [0.05, 0.1) is 29.7 Å². The molecule has 1 aliphatic heterocycles. The number of aromatic nitrogens is 2. The summed E-state index contributed by atoms with van der Waals surface area (Å²) in [5.74, 6) is -2.07. The van der Waals surface area contributed by atoms with Crippen molar-refractivity contribution in [2.45, 2.75) is 26.4 Å². The lowest BCUT2D eigenvalue weighted by Crippen LogP contribution is -2.41. The van der Waals surface area contributed by atoms with E-state index in [1.54, 1.807) is 6.92 Å². The molecule has 1 fully saturated rings. The fraction of sp³-hybridized carbons (Fsp3) is 0.333. The fourth-order valence-electron chi connectivity index (χ4n) is 3.99. The molecule has 1 atom stereocenters. The number of carbonyl (C=O) groups excluding carboxylic acids is 1. The molecule has 0 aliphatic carbocycles. The zero-order valence-corrected chi connectivity index (χ0v) is 17.9. The number of likely N-dealkylation sites (N-methyl/N-ethyl adjacent to an activating group) is 1. The molecular weight excluding hydrogens is 400 g/mol. The topological polar surface area (TPSA) is 46.8 Å². The summed E-state index contributed by atoms with van der Waals surface area (Å²) in [5.41, 5.74) is 2.27. The van der Waals surface area contributed by atoms with E-state index in [2.05, 4.69) is 9.88 Å². The second-order valence-electron chi connectivity index (χ2n) is 7.98. The van der Waals surface area contributed by atoms with E-state index in [1.165, 1.54) is 12.2 Å². The summed E-state index contributed by atoms with van der Waals surface area (Å²) in [6.07, 6.45) is 5.03. The number of carbonyl (C=O) groups is 1. The molecule has 1 unspecified atom stereocenters. The van der Waals surface area contributed by atoms with Crippen molar-refractivity contribution in [1.82, 2.24) is 14.3 Å². The molecule has 31 heavy (non-hydrogen) atoms. The molecule has 0 N–H and O–H groups in total. The Bertz CT molecular complexity index is 1150. The predicted molar refractivity (Wildman–Crippen MR) is 115 cm³/mol. The largest absolute Gasteiger partial charge is 0.375 e. The number of ketones is 1. The molecular formula is C24H25F2N3O2. The van der Waals surface area contributed by atoms with Crippen LogP contribution in [0.2, 0.25) is 0 Å². The summed E-state index contributed by atoms with van der Waals surface area (Å²) in [4.78, 5) is 18.8. The number of ether oxygens (including phenoxy) is 1. The molecule has 162 valence electrons. The van der Waals surface area contributed by atoms with Crippen molar-refractivity contribution >= 4 is 11.4 Å². The van der Waals surface area contributed by atoms with Crippen LogP contribution in [0.25, 0.3) is 16.9 Å². The van der Waals surface area contributed by atoms with Crippen molar-refractivity contribution in [1.29, 1.82) is 0 Å². The molecule has 0 amide bonds. The third-order valence-electron chi connectivity index (χ3n) is 5.52. The van der Waals surface area contributed by atoms with Crippen LogP contribution < -0.4 is 0 Å². The Kier molecular flexibility index (Phi) is 5.98. The van der Waals surface area contributed by atoms with Gasteiger partial charge < -0.3 is 14.0 Å². The van der Waals surface area contributed by atoms with Gasteiger partial charge in [-0.25, -0.2) is 13.8 Å². The number of allylic oxidation sites excluding steroid dienone is 2. The van der Waals surface area contributed by atoms with Gasteiger partial charge in [-0.3, -0.25) is 4.79 Å². The van der Waals surface area contributed by atoms with Crippen molar-refractivity contribution < 1.29 is 18.3 Å². The second-order valence-corrected chi connectivity index (χ2v) is 7.98. The Balaban J connectivity index is 1.84. The van der Waals surface area contributed by atoms with Crippen molar-refractivity contribution in [2.75, 3.05) is 26.7 Å². The summed E-state index contributed by atoms with van der Waals surface area (Å²) in [6.45, 7) is 5.79. The first kappa shape index (κ1) is 21.3. The third-order valence-corrected chi connectivity index (χ3v) is 5.52. The molecule has 0 bridgehead atoms. The molecule has 1 aromatic carbocycles. The Hall–Kier alpha value is -2.90. The predicted octanol–water partition coefficient (Wildman–Crippen LogP) is 4.22. The van der Waals surface area contributed by atoms with E-state index >= 15 is 8.78 Å². The van der Waals surface area contributed by atoms with Crippen molar-refractivity contribution in [3.05, 3.63) is 71.1 Å². The molecule has 3 heterocycles. The molecule has 1 aliphatic rings. The van der Waals surface area contributed by atoms with Crippen LogP contribution in [0.4, 0.5) is 8.78 Å². The summed E-state index contributed by atoms with van der Waals surface area (Å²) in [5, 5.41) is 0. The van der Waals surface area contributed by atoms with Gasteiger partial charge in [0, 0.05) is 31.3 Å². The van der Waals surface area contributed by atoms with E-state index < -0.39 is 17.4 Å². The van der Waals surface area contributed by atoms with Crippen LogP contribution in [0.3, 0.4) is 0 Å². The number of aryl methyl sites for hydroxylation is 1. The third kappa shape index (κ3) is 4.29. The first-order valence-corrected chi connectivity index (χ1v) is 10.3. The first-order valence-electron chi connectivity index (χ1n) is 10.3. The lowest BCUT2D eigenvalue weighted by atomic mass is 10.0. The van der Waals surface area contributed by atoms with E-state index in [1.807, 2.05) is 36.7 Å². The molecule has 7 heteroatoms. The standard InChI is InChI=1S/C24H25F2N3O2/c1-4-5-21(30)16-11-18(25)23(19(26)12-16)24-20(13-17-14-28(3)8-9-31-17)29-7-6-15(2)10-22(29)27-24/h4-7,10-12,17H,8-9,13-14H2,1-3H3/b5-4+. The number of hydrogen-bond acceptors (Lipinski definition) is 4. The Morgan fingerprint density at radius 1 is 1.29 bits per heavy atom. The van der Waals surface area contributed by atoms with Gasteiger partial charge in [-0.1, -0.05) is 6.08 Å². The van der Waals surface area contributed by atoms with Gasteiger partial charge >= 0.3 is 0 Å². The van der Waals surface area contributed by atoms with Gasteiger partial charge in [0.2, 0.25) is 0 Å². The lowest BCUT2D eigenvalue weighted by Gasteiger charge is -2.30. The molecule has 2 aromatic heterocycles. The Morgan fingerprint density at radius 3 is 2.71 bits per heavy atom. The maximum atomic E-state index is 15.1. The average Bonchev–Trinajstić information content (AvgIpc) is 3.04. The van der Waals surface area contributed by atoms with Crippen LogP contribution in [-0.2, 0) is 11.2 Å². The summed E-state index contributed by atoms with van der Waals surface area (Å²) >= 11 is 0. The highest BCUT2D eigenvalue weighted by Gasteiger charge is 2.26. The molecule has 4 rings (SSSR count). The normalized spacial score (nSPS) is 17.6. The summed E-state index contributed by atoms with van der Waals surface area (Å²) in [7, 11) is 2.02. The molecule has 5 nitrogen and oxygen atoms in total. The van der Waals surface area contributed by atoms with E-state index in [4.69, 9.17) is 4.74 Å². The van der Waals surface area contributed by atoms with Crippen molar-refractivity contribution in [3.8, 4) is 11.3 Å². The molecule has 3 aromatic rings. The number of pyridine rings is 1. The minimum absolute atomic E-state index is 0.0322. The first-order chi connectivity index (χ1) is 14.9. The van der Waals surface area contributed by atoms with Gasteiger partial charge in [0.15, 0.2) is 5.78 Å². The van der Waals surface area contributed by atoms with Gasteiger partial charge in [0.1, 0.15) is 17.3 Å². The monoisotopic (exact) mass is 425 g/mol. The average molecular weight is 425 g/mol. The zero-order chi connectivity index (χ0) is 22.1. The quantitative estimate of drug-likeness (QED) is 0.454. The lowest BCUT2D eigenvalue weighted by molar-refractivity contribution is -0.0190. The van der Waals surface area contributed by atoms with Gasteiger partial charge in [-0.05, 0) is 56.8 Å². The fourth-order valence-corrected chi connectivity index (χ4v) is 3.99. The number of imidazole rings is 1. The van der Waals surface area contributed by atoms with Crippen LogP contribution in [0.5, 0.6) is 0 Å². The maximum Gasteiger partial charge on any atom is 0.185 e. The number of nitrogens with zero attached hydrogens (tertiary/aromatic N) is 3. The van der Waals surface area contributed by atoms with Gasteiger partial charge in [0.25, 0.3) is 0 Å². The van der Waals surface area contributed by atoms with Crippen LogP contribution >= 0.6 is 0 Å². The smallest absolute Gasteiger partial charge is 0.185 e. The highest BCUT2D eigenvalue weighted by atomic mass is 19.1. The summed E-state index contributed by atoms with van der Waals surface area (Å²) in [6, 6.07) is 5.96. The Labute approximate surface area is 180 Å². The van der Waals surface area contributed by atoms with Crippen LogP contribution in [0.1, 0.15) is 28.5 Å². The van der Waals surface area contributed by atoms with Gasteiger partial charge in [-0.15, -0.1) is 0 Å². The van der Waals surface area contributed by atoms with Crippen LogP contribution in [0, 0.1) is 18.6 Å². The highest BCUT2D eigenvalue weighted by Crippen LogP contribution is 2.32. The zero-order valence-electron chi connectivity index (χ0n) is 17.9. The van der Waals surface area contributed by atoms with Crippen molar-refractivity contribution in [2.24, 2.45) is 0 Å². The van der Waals surface area contributed by atoms with Crippen LogP contribution in [-0.4, -0.2) is 52.9 Å². The van der Waals surface area contributed by atoms with E-state index in [0.717, 1.165) is 30.8 Å². The number of hydrogen-bond donors (Lipinski definition) is 0. The number of rotatable bonds is 5. The maximum absolute atomic E-state index is 15.1. The number of benzene rings is 1. The van der Waals surface area contributed by atoms with Gasteiger partial charge in [-0.2, -0.15) is 0 Å². The second kappa shape index (κ2) is 8.69. The molecule has 0 spiro atoms.